The van der Waals surface area contributed by atoms with Gasteiger partial charge in [-0.25, -0.2) is 4.79 Å². The third kappa shape index (κ3) is 3.77. The average molecular weight is 438 g/mol. The lowest BCUT2D eigenvalue weighted by atomic mass is 9.94. The first-order chi connectivity index (χ1) is 14.5. The molecule has 0 radical (unpaired) electrons. The van der Waals surface area contributed by atoms with Crippen molar-refractivity contribution in [1.29, 1.82) is 0 Å². The van der Waals surface area contributed by atoms with E-state index in [9.17, 15) is 45.3 Å². The number of aromatic carboxylic acids is 1. The Balaban J connectivity index is 2.23. The van der Waals surface area contributed by atoms with Crippen LogP contribution in [-0.4, -0.2) is 84.8 Å². The zero-order valence-electron chi connectivity index (χ0n) is 16.5. The van der Waals surface area contributed by atoms with Gasteiger partial charge in [-0.05, 0) is 26.0 Å². The van der Waals surface area contributed by atoms with Gasteiger partial charge in [0.1, 0.15) is 41.7 Å². The lowest BCUT2D eigenvalue weighted by Crippen LogP contribution is -2.60. The summed E-state index contributed by atoms with van der Waals surface area (Å²) in [5.41, 5.74) is -0.540. The predicted octanol–water partition coefficient (Wildman–Crippen LogP) is -0.361. The highest BCUT2D eigenvalue weighted by Gasteiger charge is 2.45. The first-order valence-corrected chi connectivity index (χ1v) is 9.23. The fourth-order valence-corrected chi connectivity index (χ4v) is 3.61. The number of Topliss-reactive ketones (excluding diaryl/α,β-unsaturated/α-hetero) is 1. The van der Waals surface area contributed by atoms with Crippen molar-refractivity contribution in [2.75, 3.05) is 6.61 Å². The maximum atomic E-state index is 12.0. The first kappa shape index (κ1) is 22.7. The van der Waals surface area contributed by atoms with Gasteiger partial charge in [-0.2, -0.15) is 0 Å². The lowest BCUT2D eigenvalue weighted by molar-refractivity contribution is -0.277. The second-order valence-electron chi connectivity index (χ2n) is 7.27. The fraction of sp³-hybridized carbons (Fsp3) is 0.400. The van der Waals surface area contributed by atoms with Crippen LogP contribution in [0.3, 0.4) is 0 Å². The van der Waals surface area contributed by atoms with E-state index < -0.39 is 60.6 Å². The standard InChI is InChI=1S/C20H22O11/c1-6-12(7(2)22)16(25)13-9(14(6)23)3-8(19(28)29)4-10(13)30-20-18(27)17(26)15(24)11(5-21)31-20/h3-4,11,15,17-18,20-21,23-27H,5H2,1-2H3,(H,28,29)/t11-,15-,17+,18-,20+/m1/s1. The van der Waals surface area contributed by atoms with Crippen LogP contribution in [0.1, 0.15) is 33.2 Å². The van der Waals surface area contributed by atoms with Gasteiger partial charge in [-0.1, -0.05) is 0 Å². The number of ketones is 1. The molecule has 0 aromatic heterocycles. The van der Waals surface area contributed by atoms with Gasteiger partial charge in [0.05, 0.1) is 23.1 Å². The summed E-state index contributed by atoms with van der Waals surface area (Å²) < 4.78 is 10.8. The third-order valence-electron chi connectivity index (χ3n) is 5.25. The van der Waals surface area contributed by atoms with Crippen LogP contribution in [0.15, 0.2) is 12.1 Å². The van der Waals surface area contributed by atoms with Crippen molar-refractivity contribution in [1.82, 2.24) is 0 Å². The fourth-order valence-electron chi connectivity index (χ4n) is 3.61. The topological polar surface area (TPSA) is 194 Å². The monoisotopic (exact) mass is 438 g/mol. The lowest BCUT2D eigenvalue weighted by Gasteiger charge is -2.39. The number of benzene rings is 2. The SMILES string of the molecule is CC(=O)c1c(C)c(O)c2cc(C(=O)O)cc(O[C@H]3O[C@H](CO)[C@@H](O)[C@H](O)[C@H]3O)c2c1O. The van der Waals surface area contributed by atoms with E-state index in [1.807, 2.05) is 0 Å². The summed E-state index contributed by atoms with van der Waals surface area (Å²) in [5.74, 6) is -3.40. The molecule has 0 saturated carbocycles. The van der Waals surface area contributed by atoms with E-state index in [4.69, 9.17) is 9.47 Å². The number of hydrogen-bond acceptors (Lipinski definition) is 10. The summed E-state index contributed by atoms with van der Waals surface area (Å²) in [7, 11) is 0. The Labute approximate surface area is 175 Å². The molecule has 1 aliphatic heterocycles. The summed E-state index contributed by atoms with van der Waals surface area (Å²) >= 11 is 0. The Kier molecular flexibility index (Phi) is 6.07. The van der Waals surface area contributed by atoms with Crippen LogP contribution in [0.2, 0.25) is 0 Å². The molecule has 11 nitrogen and oxygen atoms in total. The van der Waals surface area contributed by atoms with Crippen molar-refractivity contribution in [3.63, 3.8) is 0 Å². The molecule has 31 heavy (non-hydrogen) atoms. The number of carboxylic acid groups (broad SMARTS) is 1. The number of phenols is 2. The molecule has 5 atom stereocenters. The Hall–Kier alpha value is -2.96. The maximum absolute atomic E-state index is 12.0. The second kappa shape index (κ2) is 8.29. The average Bonchev–Trinajstić information content (AvgIpc) is 2.71. The van der Waals surface area contributed by atoms with Crippen LogP contribution in [0.4, 0.5) is 0 Å². The van der Waals surface area contributed by atoms with Crippen LogP contribution in [-0.2, 0) is 4.74 Å². The highest BCUT2D eigenvalue weighted by atomic mass is 16.7. The molecule has 168 valence electrons. The smallest absolute Gasteiger partial charge is 0.335 e. The Bertz CT molecular complexity index is 1050. The van der Waals surface area contributed by atoms with Crippen molar-refractivity contribution >= 4 is 22.5 Å². The van der Waals surface area contributed by atoms with Crippen LogP contribution >= 0.6 is 0 Å². The number of aliphatic hydroxyl groups is 4. The summed E-state index contributed by atoms with van der Waals surface area (Å²) in [6.07, 6.45) is -8.20. The van der Waals surface area contributed by atoms with Gasteiger partial charge in [-0.3, -0.25) is 4.79 Å². The van der Waals surface area contributed by atoms with Gasteiger partial charge in [0.15, 0.2) is 5.78 Å². The highest BCUT2D eigenvalue weighted by molar-refractivity contribution is 6.11. The summed E-state index contributed by atoms with van der Waals surface area (Å²) in [4.78, 5) is 23.6. The number of hydrogen-bond donors (Lipinski definition) is 7. The number of ether oxygens (including phenoxy) is 2. The molecule has 0 spiro atoms. The van der Waals surface area contributed by atoms with Gasteiger partial charge in [-0.15, -0.1) is 0 Å². The minimum atomic E-state index is -1.81. The largest absolute Gasteiger partial charge is 0.507 e. The van der Waals surface area contributed by atoms with Crippen molar-refractivity contribution in [2.24, 2.45) is 0 Å². The summed E-state index contributed by atoms with van der Waals surface area (Å²) in [6, 6.07) is 2.05. The summed E-state index contributed by atoms with van der Waals surface area (Å²) in [5, 5.41) is 69.7. The molecule has 0 bridgehead atoms. The van der Waals surface area contributed by atoms with E-state index in [0.717, 1.165) is 19.1 Å². The minimum absolute atomic E-state index is 0.0267. The molecule has 1 saturated heterocycles. The number of carboxylic acids is 1. The molecular weight excluding hydrogens is 416 g/mol. The van der Waals surface area contributed by atoms with Crippen molar-refractivity contribution in [2.45, 2.75) is 44.6 Å². The van der Waals surface area contributed by atoms with Crippen LogP contribution in [0.25, 0.3) is 10.8 Å². The van der Waals surface area contributed by atoms with Gasteiger partial charge >= 0.3 is 5.97 Å². The maximum Gasteiger partial charge on any atom is 0.335 e. The molecule has 2 aromatic rings. The Morgan fingerprint density at radius 1 is 1.06 bits per heavy atom. The van der Waals surface area contributed by atoms with Crippen LogP contribution < -0.4 is 4.74 Å². The number of carbonyl (C=O) groups excluding carboxylic acids is 1. The van der Waals surface area contributed by atoms with Gasteiger partial charge in [0, 0.05) is 10.9 Å². The molecule has 2 aromatic carbocycles. The molecular formula is C20H22O11. The van der Waals surface area contributed by atoms with Gasteiger partial charge in [0.2, 0.25) is 6.29 Å². The van der Waals surface area contributed by atoms with E-state index in [0.29, 0.717) is 0 Å². The molecule has 1 heterocycles. The minimum Gasteiger partial charge on any atom is -0.507 e. The van der Waals surface area contributed by atoms with Crippen LogP contribution in [0.5, 0.6) is 17.2 Å². The predicted molar refractivity (Wildman–Crippen MR) is 103 cm³/mol. The van der Waals surface area contributed by atoms with Crippen molar-refractivity contribution in [3.05, 3.63) is 28.8 Å². The number of phenolic OH excluding ortho intramolecular Hbond substituents is 2. The van der Waals surface area contributed by atoms with E-state index >= 15 is 0 Å². The number of carbonyl (C=O) groups is 2. The normalized spacial score (nSPS) is 26.1. The molecule has 11 heteroatoms. The molecule has 0 unspecified atom stereocenters. The van der Waals surface area contributed by atoms with E-state index in [2.05, 4.69) is 0 Å². The molecule has 0 amide bonds. The highest BCUT2D eigenvalue weighted by Crippen LogP contribution is 2.45. The van der Waals surface area contributed by atoms with Crippen molar-refractivity contribution < 1.29 is 54.8 Å². The second-order valence-corrected chi connectivity index (χ2v) is 7.27. The van der Waals surface area contributed by atoms with E-state index in [1.165, 1.54) is 6.92 Å². The number of aromatic hydroxyl groups is 2. The Morgan fingerprint density at radius 3 is 2.26 bits per heavy atom. The quantitative estimate of drug-likeness (QED) is 0.238. The zero-order chi connectivity index (χ0) is 23.2. The number of aliphatic hydroxyl groups excluding tert-OH is 4. The summed E-state index contributed by atoms with van der Waals surface area (Å²) in [6.45, 7) is 1.81. The third-order valence-corrected chi connectivity index (χ3v) is 5.25. The Morgan fingerprint density at radius 2 is 1.71 bits per heavy atom. The number of rotatable bonds is 5. The molecule has 0 aliphatic carbocycles. The molecule has 1 fully saturated rings. The van der Waals surface area contributed by atoms with Crippen molar-refractivity contribution in [3.8, 4) is 17.2 Å². The van der Waals surface area contributed by atoms with Gasteiger partial charge < -0.3 is 45.2 Å². The molecule has 3 rings (SSSR count). The molecule has 7 N–H and O–H groups in total. The first-order valence-electron chi connectivity index (χ1n) is 9.23. The molecule has 1 aliphatic rings. The van der Waals surface area contributed by atoms with E-state index in [1.54, 1.807) is 0 Å². The zero-order valence-corrected chi connectivity index (χ0v) is 16.5. The number of fused-ring (bicyclic) bond motifs is 1. The van der Waals surface area contributed by atoms with Crippen LogP contribution in [0, 0.1) is 6.92 Å². The van der Waals surface area contributed by atoms with E-state index in [-0.39, 0.29) is 33.2 Å². The van der Waals surface area contributed by atoms with Gasteiger partial charge in [0.25, 0.3) is 0 Å².